The maximum atomic E-state index is 12.1. The van der Waals surface area contributed by atoms with E-state index in [1.165, 1.54) is 0 Å². The number of hydrogen-bond acceptors (Lipinski definition) is 6. The first-order valence-electron chi connectivity index (χ1n) is 8.05. The van der Waals surface area contributed by atoms with Gasteiger partial charge in [0.1, 0.15) is 23.4 Å². The summed E-state index contributed by atoms with van der Waals surface area (Å²) in [5.74, 6) is 1.89. The molecule has 0 aliphatic carbocycles. The zero-order valence-corrected chi connectivity index (χ0v) is 14.5. The third-order valence-electron chi connectivity index (χ3n) is 4.15. The van der Waals surface area contributed by atoms with Gasteiger partial charge >= 0.3 is 0 Å². The van der Waals surface area contributed by atoms with Gasteiger partial charge in [0.25, 0.3) is 0 Å². The van der Waals surface area contributed by atoms with Gasteiger partial charge < -0.3 is 30.0 Å². The molecule has 0 saturated carbocycles. The fourth-order valence-corrected chi connectivity index (χ4v) is 2.82. The van der Waals surface area contributed by atoms with Gasteiger partial charge in [0, 0.05) is 30.8 Å². The van der Waals surface area contributed by atoms with Crippen LogP contribution in [-0.2, 0) is 16.0 Å². The van der Waals surface area contributed by atoms with Crippen LogP contribution in [0.2, 0.25) is 0 Å². The smallest absolute Gasteiger partial charge is 0.249 e. The first-order valence-corrected chi connectivity index (χ1v) is 8.05. The molecule has 0 unspecified atom stereocenters. The van der Waals surface area contributed by atoms with Crippen LogP contribution in [-0.4, -0.2) is 52.5 Å². The third-order valence-corrected chi connectivity index (χ3v) is 4.15. The quantitative estimate of drug-likeness (QED) is 0.731. The Hall–Kier alpha value is -1.99. The molecule has 1 heterocycles. The van der Waals surface area contributed by atoms with E-state index in [2.05, 4.69) is 5.32 Å². The van der Waals surface area contributed by atoms with Gasteiger partial charge in [0.15, 0.2) is 0 Å². The number of ether oxygens (including phenoxy) is 4. The Balaban J connectivity index is 1.95. The molecule has 7 heteroatoms. The van der Waals surface area contributed by atoms with Crippen molar-refractivity contribution >= 4 is 5.91 Å². The van der Waals surface area contributed by atoms with Gasteiger partial charge in [0.05, 0.1) is 27.4 Å². The molecular weight excluding hydrogens is 312 g/mol. The molecule has 1 aliphatic rings. The van der Waals surface area contributed by atoms with Crippen molar-refractivity contribution in [2.75, 3.05) is 34.4 Å². The van der Waals surface area contributed by atoms with E-state index in [0.717, 1.165) is 12.0 Å². The van der Waals surface area contributed by atoms with Crippen LogP contribution in [0.1, 0.15) is 18.4 Å². The molecule has 3 N–H and O–H groups in total. The lowest BCUT2D eigenvalue weighted by molar-refractivity contribution is -0.131. The molecule has 1 saturated heterocycles. The molecule has 0 bridgehead atoms. The van der Waals surface area contributed by atoms with Crippen LogP contribution in [0.15, 0.2) is 12.1 Å². The first kappa shape index (κ1) is 18.4. The molecule has 24 heavy (non-hydrogen) atoms. The maximum absolute atomic E-state index is 12.1. The third kappa shape index (κ3) is 4.30. The molecule has 1 aromatic carbocycles. The lowest BCUT2D eigenvalue weighted by Crippen LogP contribution is -2.36. The normalized spacial score (nSPS) is 19.8. The Labute approximate surface area is 142 Å². The number of nitrogens with one attached hydrogen (secondary N) is 1. The molecule has 1 aromatic rings. The van der Waals surface area contributed by atoms with Gasteiger partial charge in [-0.1, -0.05) is 0 Å². The molecule has 1 aliphatic heterocycles. The number of rotatable bonds is 8. The Morgan fingerprint density at radius 2 is 1.88 bits per heavy atom. The lowest BCUT2D eigenvalue weighted by Gasteiger charge is -2.16. The predicted molar refractivity (Wildman–Crippen MR) is 89.8 cm³/mol. The first-order chi connectivity index (χ1) is 11.6. The van der Waals surface area contributed by atoms with E-state index in [1.807, 2.05) is 0 Å². The molecular formula is C17H26N2O5. The highest BCUT2D eigenvalue weighted by Crippen LogP contribution is 2.34. The molecule has 134 valence electrons. The van der Waals surface area contributed by atoms with Gasteiger partial charge in [-0.15, -0.1) is 0 Å². The van der Waals surface area contributed by atoms with Crippen LogP contribution in [0.3, 0.4) is 0 Å². The second kappa shape index (κ2) is 8.75. The number of carbonyl (C=O) groups excluding carboxylic acids is 1. The van der Waals surface area contributed by atoms with Crippen molar-refractivity contribution in [3.05, 3.63) is 17.7 Å². The Kier molecular flexibility index (Phi) is 6.69. The zero-order valence-electron chi connectivity index (χ0n) is 14.5. The molecule has 0 radical (unpaired) electrons. The fraction of sp³-hybridized carbons (Fsp3) is 0.588. The van der Waals surface area contributed by atoms with Crippen molar-refractivity contribution in [2.24, 2.45) is 5.73 Å². The Bertz CT molecular complexity index is 539. The molecule has 1 fully saturated rings. The Morgan fingerprint density at radius 3 is 2.38 bits per heavy atom. The van der Waals surface area contributed by atoms with E-state index in [4.69, 9.17) is 24.7 Å². The van der Waals surface area contributed by atoms with Gasteiger partial charge in [-0.05, 0) is 19.3 Å². The van der Waals surface area contributed by atoms with Crippen molar-refractivity contribution in [1.82, 2.24) is 5.32 Å². The number of hydrogen-bond donors (Lipinski definition) is 2. The van der Waals surface area contributed by atoms with E-state index >= 15 is 0 Å². The number of amides is 1. The SMILES string of the molecule is COc1cc(OC)c(CCNC(=O)[C@@H]2CC[C@H](CN)O2)c(OC)c1. The second-order valence-electron chi connectivity index (χ2n) is 5.61. The minimum Gasteiger partial charge on any atom is -0.496 e. The van der Waals surface area contributed by atoms with Crippen molar-refractivity contribution in [1.29, 1.82) is 0 Å². The summed E-state index contributed by atoms with van der Waals surface area (Å²) in [6.45, 7) is 0.912. The summed E-state index contributed by atoms with van der Waals surface area (Å²) in [6, 6.07) is 3.59. The average Bonchev–Trinajstić information content (AvgIpc) is 3.10. The van der Waals surface area contributed by atoms with E-state index in [1.54, 1.807) is 33.5 Å². The highest BCUT2D eigenvalue weighted by atomic mass is 16.5. The van der Waals surface area contributed by atoms with Crippen LogP contribution in [0.4, 0.5) is 0 Å². The average molecular weight is 338 g/mol. The zero-order chi connectivity index (χ0) is 17.5. The van der Waals surface area contributed by atoms with Crippen LogP contribution >= 0.6 is 0 Å². The predicted octanol–water partition coefficient (Wildman–Crippen LogP) is 0.877. The topological polar surface area (TPSA) is 92.0 Å². The molecule has 0 spiro atoms. The maximum Gasteiger partial charge on any atom is 0.249 e. The summed E-state index contributed by atoms with van der Waals surface area (Å²) in [6.07, 6.45) is 1.70. The standard InChI is InChI=1S/C17H26N2O5/c1-21-12-8-15(22-2)13(16(9-12)23-3)6-7-19-17(20)14-5-4-11(10-18)24-14/h8-9,11,14H,4-7,10,18H2,1-3H3,(H,19,20)/t11-,14+/m1/s1. The number of methoxy groups -OCH3 is 3. The van der Waals surface area contributed by atoms with Crippen LogP contribution in [0.5, 0.6) is 17.2 Å². The van der Waals surface area contributed by atoms with E-state index in [-0.39, 0.29) is 12.0 Å². The number of carbonyl (C=O) groups is 1. The van der Waals surface area contributed by atoms with Gasteiger partial charge in [-0.2, -0.15) is 0 Å². The summed E-state index contributed by atoms with van der Waals surface area (Å²) >= 11 is 0. The summed E-state index contributed by atoms with van der Waals surface area (Å²) in [7, 11) is 4.77. The summed E-state index contributed by atoms with van der Waals surface area (Å²) in [5.41, 5.74) is 6.45. The highest BCUT2D eigenvalue weighted by Gasteiger charge is 2.29. The molecule has 2 atom stereocenters. The monoisotopic (exact) mass is 338 g/mol. The highest BCUT2D eigenvalue weighted by molar-refractivity contribution is 5.81. The van der Waals surface area contributed by atoms with E-state index in [9.17, 15) is 4.79 Å². The lowest BCUT2D eigenvalue weighted by atomic mass is 10.1. The van der Waals surface area contributed by atoms with Crippen molar-refractivity contribution in [3.8, 4) is 17.2 Å². The van der Waals surface area contributed by atoms with Gasteiger partial charge in [0.2, 0.25) is 5.91 Å². The van der Waals surface area contributed by atoms with E-state index < -0.39 is 6.10 Å². The Morgan fingerprint density at radius 1 is 1.21 bits per heavy atom. The van der Waals surface area contributed by atoms with Crippen LogP contribution in [0, 0.1) is 0 Å². The minimum absolute atomic E-state index is 0.0115. The number of nitrogens with two attached hydrogens (primary N) is 1. The largest absolute Gasteiger partial charge is 0.496 e. The van der Waals surface area contributed by atoms with Crippen LogP contribution in [0.25, 0.3) is 0 Å². The van der Waals surface area contributed by atoms with E-state index in [0.29, 0.717) is 43.2 Å². The molecule has 1 amide bonds. The fourth-order valence-electron chi connectivity index (χ4n) is 2.82. The van der Waals surface area contributed by atoms with Crippen molar-refractivity contribution in [2.45, 2.75) is 31.5 Å². The summed E-state index contributed by atoms with van der Waals surface area (Å²) in [4.78, 5) is 12.1. The summed E-state index contributed by atoms with van der Waals surface area (Å²) in [5, 5.41) is 2.90. The second-order valence-corrected chi connectivity index (χ2v) is 5.61. The minimum atomic E-state index is -0.404. The molecule has 2 rings (SSSR count). The van der Waals surface area contributed by atoms with Crippen LogP contribution < -0.4 is 25.3 Å². The van der Waals surface area contributed by atoms with Gasteiger partial charge in [-0.3, -0.25) is 4.79 Å². The number of benzene rings is 1. The van der Waals surface area contributed by atoms with Crippen molar-refractivity contribution in [3.63, 3.8) is 0 Å². The van der Waals surface area contributed by atoms with Crippen molar-refractivity contribution < 1.29 is 23.7 Å². The summed E-state index contributed by atoms with van der Waals surface area (Å²) < 4.78 is 21.6. The van der Waals surface area contributed by atoms with Gasteiger partial charge in [-0.25, -0.2) is 0 Å². The molecule has 0 aromatic heterocycles. The molecule has 7 nitrogen and oxygen atoms in total.